The standard InChI is InChI=1S/C15H15N3S/c16-18-14(11-4-3-7-17-9-11)8-12-10-19-15-6-2-1-5-13(12)15/h1-7,9-10,14,18H,8,16H2. The fraction of sp³-hybridized carbons (Fsp3) is 0.133. The second-order valence-corrected chi connectivity index (χ2v) is 5.38. The highest BCUT2D eigenvalue weighted by Gasteiger charge is 2.13. The summed E-state index contributed by atoms with van der Waals surface area (Å²) in [4.78, 5) is 4.15. The minimum atomic E-state index is 0.0895. The van der Waals surface area contributed by atoms with Gasteiger partial charge in [-0.1, -0.05) is 24.3 Å². The molecule has 2 aromatic heterocycles. The van der Waals surface area contributed by atoms with E-state index in [1.165, 1.54) is 15.6 Å². The first-order chi connectivity index (χ1) is 9.38. The molecule has 0 saturated carbocycles. The second-order valence-electron chi connectivity index (χ2n) is 4.47. The molecule has 0 saturated heterocycles. The van der Waals surface area contributed by atoms with Gasteiger partial charge in [-0.05, 0) is 40.4 Å². The van der Waals surface area contributed by atoms with Crippen LogP contribution in [0.5, 0.6) is 0 Å². The third kappa shape index (κ3) is 2.51. The van der Waals surface area contributed by atoms with Gasteiger partial charge in [0.1, 0.15) is 0 Å². The zero-order valence-electron chi connectivity index (χ0n) is 10.4. The molecule has 0 amide bonds. The molecule has 0 spiro atoms. The molecule has 0 radical (unpaired) electrons. The maximum absolute atomic E-state index is 5.69. The first-order valence-electron chi connectivity index (χ1n) is 6.19. The Morgan fingerprint density at radius 3 is 2.89 bits per heavy atom. The van der Waals surface area contributed by atoms with Crippen molar-refractivity contribution in [2.24, 2.45) is 5.84 Å². The number of fused-ring (bicyclic) bond motifs is 1. The Morgan fingerprint density at radius 2 is 2.11 bits per heavy atom. The molecular formula is C15H15N3S. The van der Waals surface area contributed by atoms with E-state index < -0.39 is 0 Å². The zero-order valence-corrected chi connectivity index (χ0v) is 11.2. The maximum atomic E-state index is 5.69. The lowest BCUT2D eigenvalue weighted by Gasteiger charge is -2.15. The van der Waals surface area contributed by atoms with Crippen molar-refractivity contribution in [1.82, 2.24) is 10.4 Å². The highest BCUT2D eigenvalue weighted by molar-refractivity contribution is 7.17. The molecular weight excluding hydrogens is 254 g/mol. The lowest BCUT2D eigenvalue weighted by atomic mass is 10.0. The largest absolute Gasteiger partial charge is 0.271 e. The van der Waals surface area contributed by atoms with Crippen molar-refractivity contribution in [3.8, 4) is 0 Å². The fourth-order valence-electron chi connectivity index (χ4n) is 2.27. The van der Waals surface area contributed by atoms with E-state index in [0.29, 0.717) is 0 Å². The van der Waals surface area contributed by atoms with Crippen molar-refractivity contribution in [3.05, 3.63) is 65.3 Å². The molecule has 96 valence electrons. The molecule has 1 atom stereocenters. The Kier molecular flexibility index (Phi) is 3.55. The molecule has 19 heavy (non-hydrogen) atoms. The van der Waals surface area contributed by atoms with Crippen LogP contribution in [0.1, 0.15) is 17.2 Å². The van der Waals surface area contributed by atoms with Crippen molar-refractivity contribution >= 4 is 21.4 Å². The Bertz CT molecular complexity index is 663. The summed E-state index contributed by atoms with van der Waals surface area (Å²) in [5, 5.41) is 3.53. The van der Waals surface area contributed by atoms with Crippen molar-refractivity contribution in [1.29, 1.82) is 0 Å². The van der Waals surface area contributed by atoms with Crippen molar-refractivity contribution in [3.63, 3.8) is 0 Å². The Hall–Kier alpha value is -1.75. The molecule has 0 aliphatic rings. The number of aromatic nitrogens is 1. The van der Waals surface area contributed by atoms with Gasteiger partial charge in [-0.3, -0.25) is 16.3 Å². The number of nitrogens with zero attached hydrogens (tertiary/aromatic N) is 1. The van der Waals surface area contributed by atoms with Gasteiger partial charge in [-0.25, -0.2) is 0 Å². The first kappa shape index (κ1) is 12.3. The number of pyridine rings is 1. The average Bonchev–Trinajstić information content (AvgIpc) is 2.89. The van der Waals surface area contributed by atoms with Gasteiger partial charge in [0.15, 0.2) is 0 Å². The van der Waals surface area contributed by atoms with Crippen LogP contribution in [0, 0.1) is 0 Å². The summed E-state index contributed by atoms with van der Waals surface area (Å²) in [5.41, 5.74) is 5.32. The number of rotatable bonds is 4. The molecule has 1 aromatic carbocycles. The van der Waals surface area contributed by atoms with Gasteiger partial charge in [0.2, 0.25) is 0 Å². The van der Waals surface area contributed by atoms with Gasteiger partial charge in [0.05, 0.1) is 6.04 Å². The third-order valence-electron chi connectivity index (χ3n) is 3.27. The topological polar surface area (TPSA) is 50.9 Å². The van der Waals surface area contributed by atoms with Crippen LogP contribution in [0.3, 0.4) is 0 Å². The third-order valence-corrected chi connectivity index (χ3v) is 4.29. The number of hydrazine groups is 1. The van der Waals surface area contributed by atoms with Crippen LogP contribution in [0.4, 0.5) is 0 Å². The van der Waals surface area contributed by atoms with Crippen LogP contribution in [0.2, 0.25) is 0 Å². The van der Waals surface area contributed by atoms with E-state index >= 15 is 0 Å². The first-order valence-corrected chi connectivity index (χ1v) is 7.07. The van der Waals surface area contributed by atoms with Gasteiger partial charge in [-0.15, -0.1) is 11.3 Å². The van der Waals surface area contributed by atoms with E-state index in [1.807, 2.05) is 18.3 Å². The predicted molar refractivity (Wildman–Crippen MR) is 79.8 cm³/mol. The summed E-state index contributed by atoms with van der Waals surface area (Å²) >= 11 is 1.78. The maximum Gasteiger partial charge on any atom is 0.0516 e. The van der Waals surface area contributed by atoms with Gasteiger partial charge in [-0.2, -0.15) is 0 Å². The van der Waals surface area contributed by atoms with E-state index in [-0.39, 0.29) is 6.04 Å². The average molecular weight is 269 g/mol. The lowest BCUT2D eigenvalue weighted by Crippen LogP contribution is -2.29. The smallest absolute Gasteiger partial charge is 0.0516 e. The number of thiophene rings is 1. The number of hydrogen-bond donors (Lipinski definition) is 2. The van der Waals surface area contributed by atoms with Gasteiger partial charge >= 0.3 is 0 Å². The Balaban J connectivity index is 1.91. The minimum absolute atomic E-state index is 0.0895. The lowest BCUT2D eigenvalue weighted by molar-refractivity contribution is 0.552. The monoisotopic (exact) mass is 269 g/mol. The second kappa shape index (κ2) is 5.48. The zero-order chi connectivity index (χ0) is 13.1. The van der Waals surface area contributed by atoms with Gasteiger partial charge < -0.3 is 0 Å². The van der Waals surface area contributed by atoms with Crippen LogP contribution in [0.15, 0.2) is 54.2 Å². The molecule has 0 bridgehead atoms. The highest BCUT2D eigenvalue weighted by atomic mass is 32.1. The summed E-state index contributed by atoms with van der Waals surface area (Å²) in [6.07, 6.45) is 4.50. The summed E-state index contributed by atoms with van der Waals surface area (Å²) in [6, 6.07) is 12.5. The van der Waals surface area contributed by atoms with Crippen molar-refractivity contribution in [2.45, 2.75) is 12.5 Å². The predicted octanol–water partition coefficient (Wildman–Crippen LogP) is 3.04. The highest BCUT2D eigenvalue weighted by Crippen LogP contribution is 2.29. The van der Waals surface area contributed by atoms with Crippen molar-refractivity contribution in [2.75, 3.05) is 0 Å². The van der Waals surface area contributed by atoms with Gasteiger partial charge in [0.25, 0.3) is 0 Å². The summed E-state index contributed by atoms with van der Waals surface area (Å²) in [7, 11) is 0. The SMILES string of the molecule is NNC(Cc1csc2ccccc12)c1cccnc1. The quantitative estimate of drug-likeness (QED) is 0.565. The van der Waals surface area contributed by atoms with E-state index in [2.05, 4.69) is 40.1 Å². The van der Waals surface area contributed by atoms with E-state index in [1.54, 1.807) is 17.5 Å². The van der Waals surface area contributed by atoms with Crippen LogP contribution in [-0.4, -0.2) is 4.98 Å². The van der Waals surface area contributed by atoms with E-state index in [4.69, 9.17) is 5.84 Å². The summed E-state index contributed by atoms with van der Waals surface area (Å²) in [6.45, 7) is 0. The van der Waals surface area contributed by atoms with Crippen LogP contribution < -0.4 is 11.3 Å². The van der Waals surface area contributed by atoms with Crippen molar-refractivity contribution < 1.29 is 0 Å². The molecule has 3 nitrogen and oxygen atoms in total. The summed E-state index contributed by atoms with van der Waals surface area (Å²) < 4.78 is 1.32. The van der Waals surface area contributed by atoms with Crippen LogP contribution in [0.25, 0.3) is 10.1 Å². The number of nitrogens with two attached hydrogens (primary N) is 1. The van der Waals surface area contributed by atoms with Gasteiger partial charge in [0, 0.05) is 17.1 Å². The molecule has 4 heteroatoms. The number of benzene rings is 1. The number of hydrogen-bond acceptors (Lipinski definition) is 4. The molecule has 1 unspecified atom stereocenters. The van der Waals surface area contributed by atoms with Crippen LogP contribution in [-0.2, 0) is 6.42 Å². The van der Waals surface area contributed by atoms with E-state index in [0.717, 1.165) is 12.0 Å². The fourth-order valence-corrected chi connectivity index (χ4v) is 3.24. The molecule has 0 fully saturated rings. The number of nitrogens with one attached hydrogen (secondary N) is 1. The normalized spacial score (nSPS) is 12.7. The summed E-state index contributed by atoms with van der Waals surface area (Å²) in [5.74, 6) is 5.69. The molecule has 3 N–H and O–H groups in total. The molecule has 3 aromatic rings. The molecule has 0 aliphatic heterocycles. The molecule has 0 aliphatic carbocycles. The molecule has 2 heterocycles. The molecule has 3 rings (SSSR count). The van der Waals surface area contributed by atoms with E-state index in [9.17, 15) is 0 Å². The minimum Gasteiger partial charge on any atom is -0.271 e. The Labute approximate surface area is 116 Å². The van der Waals surface area contributed by atoms with Crippen LogP contribution >= 0.6 is 11.3 Å². The Morgan fingerprint density at radius 1 is 1.21 bits per heavy atom.